The van der Waals surface area contributed by atoms with Crippen molar-refractivity contribution in [1.82, 2.24) is 20.1 Å². The Morgan fingerprint density at radius 2 is 2.46 bits per heavy atom. The van der Waals surface area contributed by atoms with Crippen LogP contribution in [0.25, 0.3) is 0 Å². The fraction of sp³-hybridized carbons (Fsp3) is 0.500. The summed E-state index contributed by atoms with van der Waals surface area (Å²) >= 11 is 3.13. The third-order valence-corrected chi connectivity index (χ3v) is 1.90. The van der Waals surface area contributed by atoms with Crippen molar-refractivity contribution < 1.29 is 4.79 Å². The van der Waals surface area contributed by atoms with Gasteiger partial charge in [0.1, 0.15) is 6.54 Å². The molecule has 1 aromatic rings. The topological polar surface area (TPSA) is 85.8 Å². The van der Waals surface area contributed by atoms with Gasteiger partial charge >= 0.3 is 0 Å². The summed E-state index contributed by atoms with van der Waals surface area (Å²) in [5.41, 5.74) is 5.32. The standard InChI is InChI=1S/C6H10BrN5O/c1-2-9-4(13)3-12-5(7)10-6(8)11-12/h2-3H2,1H3,(H2,8,11)(H,9,13). The maximum Gasteiger partial charge on any atom is 0.241 e. The molecule has 0 unspecified atom stereocenters. The van der Waals surface area contributed by atoms with E-state index in [1.807, 2.05) is 6.92 Å². The number of halogens is 1. The van der Waals surface area contributed by atoms with Crippen molar-refractivity contribution >= 4 is 27.8 Å². The van der Waals surface area contributed by atoms with Gasteiger partial charge in [0.25, 0.3) is 0 Å². The largest absolute Gasteiger partial charge is 0.366 e. The normalized spacial score (nSPS) is 10.0. The second-order valence-electron chi connectivity index (χ2n) is 2.35. The van der Waals surface area contributed by atoms with Crippen LogP contribution in [-0.4, -0.2) is 27.2 Å². The van der Waals surface area contributed by atoms with E-state index < -0.39 is 0 Å². The van der Waals surface area contributed by atoms with Gasteiger partial charge in [0.05, 0.1) is 0 Å². The molecular weight excluding hydrogens is 238 g/mol. The molecule has 0 radical (unpaired) electrons. The monoisotopic (exact) mass is 247 g/mol. The van der Waals surface area contributed by atoms with E-state index >= 15 is 0 Å². The Kier molecular flexibility index (Phi) is 3.24. The van der Waals surface area contributed by atoms with Crippen molar-refractivity contribution in [2.45, 2.75) is 13.5 Å². The Balaban J connectivity index is 2.63. The number of carbonyl (C=O) groups is 1. The highest BCUT2D eigenvalue weighted by atomic mass is 79.9. The Morgan fingerprint density at radius 3 is 2.92 bits per heavy atom. The summed E-state index contributed by atoms with van der Waals surface area (Å²) < 4.78 is 1.84. The molecule has 0 aliphatic rings. The lowest BCUT2D eigenvalue weighted by Gasteiger charge is -2.01. The lowest BCUT2D eigenvalue weighted by molar-refractivity contribution is -0.121. The number of nitrogens with two attached hydrogens (primary N) is 1. The number of aromatic nitrogens is 3. The van der Waals surface area contributed by atoms with Crippen molar-refractivity contribution in [3.63, 3.8) is 0 Å². The fourth-order valence-corrected chi connectivity index (χ4v) is 1.22. The van der Waals surface area contributed by atoms with E-state index in [1.54, 1.807) is 0 Å². The number of rotatable bonds is 3. The van der Waals surface area contributed by atoms with Crippen LogP contribution in [0.3, 0.4) is 0 Å². The highest BCUT2D eigenvalue weighted by Crippen LogP contribution is 2.06. The quantitative estimate of drug-likeness (QED) is 0.772. The molecule has 72 valence electrons. The predicted octanol–water partition coefficient (Wildman–Crippen LogP) is -0.241. The summed E-state index contributed by atoms with van der Waals surface area (Å²) in [6.45, 7) is 2.57. The van der Waals surface area contributed by atoms with Crippen LogP contribution < -0.4 is 11.1 Å². The van der Waals surface area contributed by atoms with Crippen molar-refractivity contribution in [2.24, 2.45) is 0 Å². The Labute approximate surface area is 83.6 Å². The van der Waals surface area contributed by atoms with Crippen LogP contribution in [0.2, 0.25) is 0 Å². The summed E-state index contributed by atoms with van der Waals surface area (Å²) in [5.74, 6) is 0.0317. The minimum Gasteiger partial charge on any atom is -0.366 e. The molecule has 0 saturated carbocycles. The molecule has 0 saturated heterocycles. The first kappa shape index (κ1) is 9.97. The third kappa shape index (κ3) is 2.69. The molecule has 3 N–H and O–H groups in total. The van der Waals surface area contributed by atoms with Crippen LogP contribution in [0, 0.1) is 0 Å². The molecule has 1 amide bonds. The van der Waals surface area contributed by atoms with Crippen LogP contribution >= 0.6 is 15.9 Å². The molecule has 1 rings (SSSR count). The van der Waals surface area contributed by atoms with Crippen molar-refractivity contribution in [3.05, 3.63) is 4.73 Å². The Morgan fingerprint density at radius 1 is 1.77 bits per heavy atom. The van der Waals surface area contributed by atoms with Crippen LogP contribution in [0.4, 0.5) is 5.95 Å². The molecule has 0 fully saturated rings. The van der Waals surface area contributed by atoms with Crippen LogP contribution in [-0.2, 0) is 11.3 Å². The number of likely N-dealkylation sites (N-methyl/N-ethyl adjacent to an activating group) is 1. The minimum absolute atomic E-state index is 0.117. The number of hydrogen-bond donors (Lipinski definition) is 2. The van der Waals surface area contributed by atoms with Gasteiger partial charge in [0.15, 0.2) is 4.73 Å². The zero-order valence-electron chi connectivity index (χ0n) is 7.12. The zero-order chi connectivity index (χ0) is 9.84. The minimum atomic E-state index is -0.117. The second kappa shape index (κ2) is 4.22. The summed E-state index contributed by atoms with van der Waals surface area (Å²) in [7, 11) is 0. The number of carbonyl (C=O) groups excluding carboxylic acids is 1. The molecule has 0 bridgehead atoms. The molecule has 0 aromatic carbocycles. The van der Waals surface area contributed by atoms with Gasteiger partial charge in [-0.2, -0.15) is 4.98 Å². The number of amides is 1. The number of nitrogens with zero attached hydrogens (tertiary/aromatic N) is 3. The van der Waals surface area contributed by atoms with Gasteiger partial charge in [-0.25, -0.2) is 4.68 Å². The van der Waals surface area contributed by atoms with E-state index in [-0.39, 0.29) is 18.4 Å². The first-order valence-corrected chi connectivity index (χ1v) is 4.55. The van der Waals surface area contributed by atoms with Gasteiger partial charge < -0.3 is 11.1 Å². The molecule has 1 heterocycles. The van der Waals surface area contributed by atoms with Gasteiger partial charge in [-0.3, -0.25) is 4.79 Å². The molecule has 0 aliphatic carbocycles. The molecule has 1 aromatic heterocycles. The van der Waals surface area contributed by atoms with Crippen LogP contribution in [0.5, 0.6) is 0 Å². The van der Waals surface area contributed by atoms with E-state index in [9.17, 15) is 4.79 Å². The highest BCUT2D eigenvalue weighted by Gasteiger charge is 2.07. The van der Waals surface area contributed by atoms with Crippen LogP contribution in [0.15, 0.2) is 4.73 Å². The summed E-state index contributed by atoms with van der Waals surface area (Å²) in [4.78, 5) is 14.9. The molecule has 6 nitrogen and oxygen atoms in total. The zero-order valence-corrected chi connectivity index (χ0v) is 8.71. The molecule has 0 aliphatic heterocycles. The lowest BCUT2D eigenvalue weighted by atomic mass is 10.5. The summed E-state index contributed by atoms with van der Waals surface area (Å²) in [6.07, 6.45) is 0. The maximum atomic E-state index is 11.1. The average molecular weight is 248 g/mol. The maximum absolute atomic E-state index is 11.1. The summed E-state index contributed by atoms with van der Waals surface area (Å²) in [6, 6.07) is 0. The van der Waals surface area contributed by atoms with E-state index in [0.717, 1.165) is 0 Å². The highest BCUT2D eigenvalue weighted by molar-refractivity contribution is 9.10. The van der Waals surface area contributed by atoms with E-state index in [2.05, 4.69) is 31.3 Å². The SMILES string of the molecule is CCNC(=O)Cn1nc(N)nc1Br. The van der Waals surface area contributed by atoms with E-state index in [4.69, 9.17) is 5.73 Å². The van der Waals surface area contributed by atoms with Crippen molar-refractivity contribution in [2.75, 3.05) is 12.3 Å². The molecule has 0 atom stereocenters. The lowest BCUT2D eigenvalue weighted by Crippen LogP contribution is -2.27. The Bertz CT molecular complexity index is 310. The molecule has 13 heavy (non-hydrogen) atoms. The van der Waals surface area contributed by atoms with E-state index in [1.165, 1.54) is 4.68 Å². The second-order valence-corrected chi connectivity index (χ2v) is 3.06. The third-order valence-electron chi connectivity index (χ3n) is 1.31. The van der Waals surface area contributed by atoms with Gasteiger partial charge in [-0.05, 0) is 22.9 Å². The summed E-state index contributed by atoms with van der Waals surface area (Å²) in [5, 5.41) is 6.45. The first-order valence-electron chi connectivity index (χ1n) is 3.76. The van der Waals surface area contributed by atoms with Gasteiger partial charge in [0.2, 0.25) is 11.9 Å². The van der Waals surface area contributed by atoms with E-state index in [0.29, 0.717) is 11.3 Å². The predicted molar refractivity (Wildman–Crippen MR) is 50.8 cm³/mol. The van der Waals surface area contributed by atoms with Gasteiger partial charge in [0, 0.05) is 6.54 Å². The van der Waals surface area contributed by atoms with Gasteiger partial charge in [-0.1, -0.05) is 0 Å². The number of anilines is 1. The smallest absolute Gasteiger partial charge is 0.241 e. The van der Waals surface area contributed by atoms with Crippen molar-refractivity contribution in [1.29, 1.82) is 0 Å². The fourth-order valence-electron chi connectivity index (χ4n) is 0.829. The number of nitrogens with one attached hydrogen (secondary N) is 1. The molecular formula is C6H10BrN5O. The van der Waals surface area contributed by atoms with Crippen molar-refractivity contribution in [3.8, 4) is 0 Å². The molecule has 0 spiro atoms. The van der Waals surface area contributed by atoms with Crippen LogP contribution in [0.1, 0.15) is 6.92 Å². The first-order chi connectivity index (χ1) is 6.13. The molecule has 7 heteroatoms. The average Bonchev–Trinajstić information content (AvgIpc) is 2.30. The Hall–Kier alpha value is -1.11. The number of hydrogen-bond acceptors (Lipinski definition) is 4. The number of nitrogen functional groups attached to an aromatic ring is 1. The van der Waals surface area contributed by atoms with Gasteiger partial charge in [-0.15, -0.1) is 5.10 Å².